The number of anilines is 2. The maximum absolute atomic E-state index is 11.1. The highest BCUT2D eigenvalue weighted by Gasteiger charge is 2.11. The molecule has 0 spiro atoms. The van der Waals surface area contributed by atoms with E-state index >= 15 is 0 Å². The van der Waals surface area contributed by atoms with Crippen molar-refractivity contribution >= 4 is 28.7 Å². The average Bonchev–Trinajstić information content (AvgIpc) is 3.11. The number of nitrogens with zero attached hydrogens (tertiary/aromatic N) is 5. The summed E-state index contributed by atoms with van der Waals surface area (Å²) >= 11 is 0. The van der Waals surface area contributed by atoms with E-state index in [0.29, 0.717) is 23.7 Å². The molecule has 2 aromatic carbocycles. The fraction of sp³-hybridized carbons (Fsp3) is 0.105. The zero-order valence-corrected chi connectivity index (χ0v) is 14.6. The first-order valence-electron chi connectivity index (χ1n) is 8.43. The molecular weight excluding hydrogens is 342 g/mol. The Hall–Kier alpha value is -3.81. The zero-order chi connectivity index (χ0) is 18.6. The van der Waals surface area contributed by atoms with Crippen LogP contribution in [0.25, 0.3) is 16.9 Å². The Morgan fingerprint density at radius 2 is 1.96 bits per heavy atom. The van der Waals surface area contributed by atoms with Crippen LogP contribution in [0.15, 0.2) is 60.8 Å². The van der Waals surface area contributed by atoms with E-state index in [1.807, 2.05) is 54.6 Å². The van der Waals surface area contributed by atoms with Crippen molar-refractivity contribution in [2.24, 2.45) is 0 Å². The van der Waals surface area contributed by atoms with E-state index in [4.69, 9.17) is 0 Å². The molecular formula is C19H17N7O. The van der Waals surface area contributed by atoms with Crippen LogP contribution in [0.1, 0.15) is 12.5 Å². The first-order chi connectivity index (χ1) is 13.2. The molecule has 8 heteroatoms. The molecule has 2 N–H and O–H groups in total. The molecule has 1 amide bonds. The fourth-order valence-corrected chi connectivity index (χ4v) is 2.64. The number of aromatic nitrogens is 5. The van der Waals surface area contributed by atoms with Gasteiger partial charge in [0.05, 0.1) is 11.9 Å². The third-order valence-electron chi connectivity index (χ3n) is 3.92. The predicted molar refractivity (Wildman–Crippen MR) is 102 cm³/mol. The Morgan fingerprint density at radius 3 is 2.78 bits per heavy atom. The lowest BCUT2D eigenvalue weighted by atomic mass is 10.2. The highest BCUT2D eigenvalue weighted by molar-refractivity contribution is 5.73. The van der Waals surface area contributed by atoms with Crippen LogP contribution in [-0.2, 0) is 11.3 Å². The van der Waals surface area contributed by atoms with Gasteiger partial charge in [-0.1, -0.05) is 35.5 Å². The summed E-state index contributed by atoms with van der Waals surface area (Å²) in [6.45, 7) is 1.94. The molecule has 0 fully saturated rings. The van der Waals surface area contributed by atoms with Crippen molar-refractivity contribution in [1.29, 1.82) is 0 Å². The third kappa shape index (κ3) is 3.74. The predicted octanol–water partition coefficient (Wildman–Crippen LogP) is 2.59. The quantitative estimate of drug-likeness (QED) is 0.568. The minimum atomic E-state index is -0.0732. The number of benzene rings is 2. The standard InChI is InChI=1S/C19H17N7O/c1-13(27)20-11-14-6-5-9-16(10-14)26-18-17(24-25-26)12-21-19(23-18)22-15-7-3-2-4-8-15/h2-10,12H,11H2,1H3,(H,20,27)(H,21,22,23). The van der Waals surface area contributed by atoms with Crippen molar-refractivity contribution in [1.82, 2.24) is 30.3 Å². The average molecular weight is 359 g/mol. The summed E-state index contributed by atoms with van der Waals surface area (Å²) in [7, 11) is 0. The molecule has 0 unspecified atom stereocenters. The highest BCUT2D eigenvalue weighted by atomic mass is 16.1. The van der Waals surface area contributed by atoms with E-state index < -0.39 is 0 Å². The number of para-hydroxylation sites is 1. The Morgan fingerprint density at radius 1 is 1.11 bits per heavy atom. The summed E-state index contributed by atoms with van der Waals surface area (Å²) in [6.07, 6.45) is 1.64. The Kier molecular flexibility index (Phi) is 4.44. The normalized spacial score (nSPS) is 10.7. The first-order valence-corrected chi connectivity index (χ1v) is 8.43. The summed E-state index contributed by atoms with van der Waals surface area (Å²) in [5.41, 5.74) is 3.86. The van der Waals surface area contributed by atoms with Gasteiger partial charge in [-0.2, -0.15) is 9.67 Å². The maximum atomic E-state index is 11.1. The second-order valence-corrected chi connectivity index (χ2v) is 5.97. The van der Waals surface area contributed by atoms with Crippen LogP contribution >= 0.6 is 0 Å². The number of carbonyl (C=O) groups excluding carboxylic acids is 1. The molecule has 134 valence electrons. The molecule has 0 radical (unpaired) electrons. The molecule has 0 saturated heterocycles. The van der Waals surface area contributed by atoms with Crippen LogP contribution in [0.3, 0.4) is 0 Å². The molecule has 0 bridgehead atoms. The molecule has 0 aliphatic rings. The molecule has 27 heavy (non-hydrogen) atoms. The second-order valence-electron chi connectivity index (χ2n) is 5.97. The van der Waals surface area contributed by atoms with Gasteiger partial charge in [0.15, 0.2) is 11.2 Å². The lowest BCUT2D eigenvalue weighted by Crippen LogP contribution is -2.18. The number of hydrogen-bond acceptors (Lipinski definition) is 6. The smallest absolute Gasteiger partial charge is 0.229 e. The van der Waals surface area contributed by atoms with E-state index in [1.165, 1.54) is 6.92 Å². The molecule has 0 aliphatic carbocycles. The summed E-state index contributed by atoms with van der Waals surface area (Å²) in [4.78, 5) is 20.0. The van der Waals surface area contributed by atoms with Crippen molar-refractivity contribution in [2.45, 2.75) is 13.5 Å². The van der Waals surface area contributed by atoms with Crippen LogP contribution in [-0.4, -0.2) is 30.9 Å². The Balaban J connectivity index is 1.67. The lowest BCUT2D eigenvalue weighted by Gasteiger charge is -2.07. The van der Waals surface area contributed by atoms with Gasteiger partial charge in [-0.25, -0.2) is 4.98 Å². The van der Waals surface area contributed by atoms with Crippen LogP contribution in [0, 0.1) is 0 Å². The van der Waals surface area contributed by atoms with E-state index in [1.54, 1.807) is 10.9 Å². The van der Waals surface area contributed by atoms with Crippen molar-refractivity contribution in [2.75, 3.05) is 5.32 Å². The van der Waals surface area contributed by atoms with Gasteiger partial charge < -0.3 is 10.6 Å². The summed E-state index contributed by atoms with van der Waals surface area (Å²) in [5.74, 6) is 0.391. The maximum Gasteiger partial charge on any atom is 0.229 e. The minimum absolute atomic E-state index is 0.0732. The lowest BCUT2D eigenvalue weighted by molar-refractivity contribution is -0.119. The highest BCUT2D eigenvalue weighted by Crippen LogP contribution is 2.18. The monoisotopic (exact) mass is 359 g/mol. The fourth-order valence-electron chi connectivity index (χ4n) is 2.64. The van der Waals surface area contributed by atoms with Crippen LogP contribution in [0.5, 0.6) is 0 Å². The van der Waals surface area contributed by atoms with Gasteiger partial charge in [-0.3, -0.25) is 4.79 Å². The van der Waals surface area contributed by atoms with E-state index in [2.05, 4.69) is 30.9 Å². The van der Waals surface area contributed by atoms with Gasteiger partial charge in [0, 0.05) is 19.2 Å². The van der Waals surface area contributed by atoms with E-state index in [-0.39, 0.29) is 5.91 Å². The molecule has 2 heterocycles. The summed E-state index contributed by atoms with van der Waals surface area (Å²) in [5, 5.41) is 14.3. The molecule has 8 nitrogen and oxygen atoms in total. The molecule has 4 aromatic rings. The summed E-state index contributed by atoms with van der Waals surface area (Å²) in [6, 6.07) is 17.4. The Bertz CT molecular complexity index is 1090. The number of carbonyl (C=O) groups is 1. The SMILES string of the molecule is CC(=O)NCc1cccc(-n2nnc3cnc(Nc4ccccc4)nc32)c1. The van der Waals surface area contributed by atoms with Gasteiger partial charge in [0.2, 0.25) is 11.9 Å². The molecule has 4 rings (SSSR count). The molecule has 0 aliphatic heterocycles. The number of amides is 1. The molecule has 0 atom stereocenters. The van der Waals surface area contributed by atoms with Gasteiger partial charge in [-0.15, -0.1) is 5.10 Å². The van der Waals surface area contributed by atoms with Gasteiger partial charge >= 0.3 is 0 Å². The molecule has 0 saturated carbocycles. The van der Waals surface area contributed by atoms with Crippen LogP contribution < -0.4 is 10.6 Å². The largest absolute Gasteiger partial charge is 0.352 e. The number of rotatable bonds is 5. The van der Waals surface area contributed by atoms with Crippen molar-refractivity contribution < 1.29 is 4.79 Å². The van der Waals surface area contributed by atoms with E-state index in [0.717, 1.165) is 16.9 Å². The molecule has 2 aromatic heterocycles. The van der Waals surface area contributed by atoms with Crippen LogP contribution in [0.2, 0.25) is 0 Å². The van der Waals surface area contributed by atoms with Crippen LogP contribution in [0.4, 0.5) is 11.6 Å². The topological polar surface area (TPSA) is 97.6 Å². The van der Waals surface area contributed by atoms with Crippen molar-refractivity contribution in [3.63, 3.8) is 0 Å². The second kappa shape index (κ2) is 7.20. The van der Waals surface area contributed by atoms with E-state index in [9.17, 15) is 4.79 Å². The Labute approximate surface area is 155 Å². The number of hydrogen-bond donors (Lipinski definition) is 2. The number of nitrogens with one attached hydrogen (secondary N) is 2. The first kappa shape index (κ1) is 16.6. The van der Waals surface area contributed by atoms with Crippen molar-refractivity contribution in [3.8, 4) is 5.69 Å². The van der Waals surface area contributed by atoms with Gasteiger partial charge in [0.1, 0.15) is 0 Å². The summed E-state index contributed by atoms with van der Waals surface area (Å²) < 4.78 is 1.66. The van der Waals surface area contributed by atoms with Gasteiger partial charge in [0.25, 0.3) is 0 Å². The third-order valence-corrected chi connectivity index (χ3v) is 3.92. The number of fused-ring (bicyclic) bond motifs is 1. The van der Waals surface area contributed by atoms with Crippen molar-refractivity contribution in [3.05, 3.63) is 66.4 Å². The zero-order valence-electron chi connectivity index (χ0n) is 14.6. The minimum Gasteiger partial charge on any atom is -0.352 e. The van der Waals surface area contributed by atoms with Gasteiger partial charge in [-0.05, 0) is 29.8 Å².